The smallest absolute Gasteiger partial charge is 0.317 e. The highest BCUT2D eigenvalue weighted by atomic mass is 35.5. The van der Waals surface area contributed by atoms with Gasteiger partial charge in [-0.2, -0.15) is 4.98 Å². The van der Waals surface area contributed by atoms with E-state index in [1.807, 2.05) is 35.2 Å². The minimum atomic E-state index is -0.727. The molecule has 358 valence electrons. The lowest BCUT2D eigenvalue weighted by Gasteiger charge is -2.37. The van der Waals surface area contributed by atoms with E-state index in [2.05, 4.69) is 52.1 Å². The van der Waals surface area contributed by atoms with Crippen molar-refractivity contribution < 1.29 is 33.5 Å². The van der Waals surface area contributed by atoms with Crippen molar-refractivity contribution in [2.45, 2.75) is 76.0 Å². The van der Waals surface area contributed by atoms with Gasteiger partial charge in [0.25, 0.3) is 11.8 Å². The zero-order chi connectivity index (χ0) is 47.6. The van der Waals surface area contributed by atoms with Gasteiger partial charge in [0.05, 0.1) is 17.4 Å². The standard InChI is InChI=1S/C48H57ClN12O7/c1-50-44(64)35-7-2-3-9-38(35)56-43-37(49)27-52-47(58-43)53-31-15-17-33(18-16-31)59-22-24-60(25-23-59)48(67)54-32-13-11-30(12-14-32)51-21-4-5-26-68-29-42(63)55-39-10-6-8-34-36(39)28-61(46(34)66)40-19-20-41(62)57-45(40)65/h2-3,6-10,15-18,27,30,32,40,51H,4-5,11-14,19-26,28-29H2,1H3,(H,50,64)(H,54,67)(H,55,63)(H,57,62,65)(H2,52,53,56,58). The van der Waals surface area contributed by atoms with Gasteiger partial charge < -0.3 is 51.3 Å². The van der Waals surface area contributed by atoms with Crippen LogP contribution in [0.2, 0.25) is 5.02 Å². The van der Waals surface area contributed by atoms with Crippen molar-refractivity contribution in [2.75, 3.05) is 73.8 Å². The van der Waals surface area contributed by atoms with Gasteiger partial charge >= 0.3 is 6.03 Å². The Hall–Kier alpha value is -6.83. The van der Waals surface area contributed by atoms with E-state index in [9.17, 15) is 28.8 Å². The minimum absolute atomic E-state index is 0.0116. The number of piperazine rings is 1. The number of fused-ring (bicyclic) bond motifs is 1. The summed E-state index contributed by atoms with van der Waals surface area (Å²) >= 11 is 6.40. The van der Waals surface area contributed by atoms with E-state index in [-0.39, 0.29) is 61.7 Å². The first-order valence-electron chi connectivity index (χ1n) is 23.2. The summed E-state index contributed by atoms with van der Waals surface area (Å²) in [5, 5.41) is 21.4. The Labute approximate surface area is 399 Å². The second-order valence-corrected chi connectivity index (χ2v) is 17.7. The van der Waals surface area contributed by atoms with E-state index >= 15 is 0 Å². The number of rotatable bonds is 17. The second kappa shape index (κ2) is 22.3. The number of piperidine rings is 1. The molecule has 1 saturated carbocycles. The number of ether oxygens (including phenoxy) is 1. The van der Waals surface area contributed by atoms with Crippen LogP contribution in [-0.2, 0) is 25.7 Å². The van der Waals surface area contributed by atoms with Crippen molar-refractivity contribution in [1.82, 2.24) is 41.0 Å². The van der Waals surface area contributed by atoms with Gasteiger partial charge in [-0.3, -0.25) is 29.3 Å². The summed E-state index contributed by atoms with van der Waals surface area (Å²) in [5.41, 5.74) is 4.45. The monoisotopic (exact) mass is 948 g/mol. The number of nitrogens with zero attached hydrogens (tertiary/aromatic N) is 5. The molecule has 20 heteroatoms. The lowest BCUT2D eigenvalue weighted by molar-refractivity contribution is -0.137. The predicted octanol–water partition coefficient (Wildman–Crippen LogP) is 4.91. The van der Waals surface area contributed by atoms with Gasteiger partial charge in [-0.15, -0.1) is 0 Å². The molecule has 1 aromatic heterocycles. The summed E-state index contributed by atoms with van der Waals surface area (Å²) in [6, 6.07) is 20.0. The largest absolute Gasteiger partial charge is 0.372 e. The fourth-order valence-corrected chi connectivity index (χ4v) is 9.16. The average Bonchev–Trinajstić information content (AvgIpc) is 3.69. The van der Waals surface area contributed by atoms with Crippen LogP contribution in [0.1, 0.15) is 77.6 Å². The Morgan fingerprint density at radius 2 is 1.60 bits per heavy atom. The topological polar surface area (TPSA) is 231 Å². The van der Waals surface area contributed by atoms with Crippen molar-refractivity contribution in [1.29, 1.82) is 0 Å². The molecule has 7 N–H and O–H groups in total. The van der Waals surface area contributed by atoms with Gasteiger partial charge in [-0.25, -0.2) is 9.78 Å². The summed E-state index contributed by atoms with van der Waals surface area (Å²) in [6.45, 7) is 4.00. The molecule has 0 bridgehead atoms. The zero-order valence-corrected chi connectivity index (χ0v) is 38.7. The van der Waals surface area contributed by atoms with Gasteiger partial charge in [-0.05, 0) is 100 Å². The van der Waals surface area contributed by atoms with Crippen molar-refractivity contribution in [3.8, 4) is 0 Å². The van der Waals surface area contributed by atoms with Gasteiger partial charge in [0, 0.05) is 93.1 Å². The van der Waals surface area contributed by atoms with Crippen molar-refractivity contribution in [2.24, 2.45) is 0 Å². The molecule has 68 heavy (non-hydrogen) atoms. The van der Waals surface area contributed by atoms with Crippen LogP contribution in [0.3, 0.4) is 0 Å². The Balaban J connectivity index is 0.678. The highest BCUT2D eigenvalue weighted by molar-refractivity contribution is 6.33. The van der Waals surface area contributed by atoms with Gasteiger partial charge in [-0.1, -0.05) is 29.8 Å². The zero-order valence-electron chi connectivity index (χ0n) is 37.9. The summed E-state index contributed by atoms with van der Waals surface area (Å²) in [7, 11) is 1.57. The molecule has 3 aliphatic heterocycles. The molecule has 0 radical (unpaired) electrons. The first kappa shape index (κ1) is 47.7. The summed E-state index contributed by atoms with van der Waals surface area (Å²) in [4.78, 5) is 89.9. The number of hydrogen-bond acceptors (Lipinski definition) is 13. The molecule has 3 fully saturated rings. The number of imide groups is 1. The molecule has 1 atom stereocenters. The Morgan fingerprint density at radius 3 is 2.37 bits per heavy atom. The number of hydrogen-bond donors (Lipinski definition) is 7. The first-order valence-corrected chi connectivity index (χ1v) is 23.6. The quantitative estimate of drug-likeness (QED) is 0.0552. The number of amides is 7. The number of para-hydroxylation sites is 1. The van der Waals surface area contributed by atoms with Crippen LogP contribution < -0.4 is 42.1 Å². The van der Waals surface area contributed by atoms with Crippen molar-refractivity contribution in [3.63, 3.8) is 0 Å². The highest BCUT2D eigenvalue weighted by Crippen LogP contribution is 2.33. The number of carbonyl (C=O) groups is 6. The molecular formula is C48H57ClN12O7. The normalized spacial score (nSPS) is 19.2. The number of carbonyl (C=O) groups excluding carboxylic acids is 6. The second-order valence-electron chi connectivity index (χ2n) is 17.3. The van der Waals surface area contributed by atoms with E-state index in [4.69, 9.17) is 16.3 Å². The average molecular weight is 950 g/mol. The van der Waals surface area contributed by atoms with E-state index in [1.54, 1.807) is 43.4 Å². The lowest BCUT2D eigenvalue weighted by atomic mass is 9.91. The maximum atomic E-state index is 13.2. The molecule has 2 saturated heterocycles. The lowest BCUT2D eigenvalue weighted by Crippen LogP contribution is -2.54. The van der Waals surface area contributed by atoms with Crippen molar-refractivity contribution in [3.05, 3.63) is 94.6 Å². The number of halogens is 1. The fourth-order valence-electron chi connectivity index (χ4n) is 9.02. The molecule has 1 unspecified atom stereocenters. The van der Waals surface area contributed by atoms with Crippen LogP contribution in [0.4, 0.5) is 39.3 Å². The van der Waals surface area contributed by atoms with Crippen LogP contribution >= 0.6 is 11.6 Å². The number of urea groups is 1. The highest BCUT2D eigenvalue weighted by Gasteiger charge is 2.40. The Kier molecular flexibility index (Phi) is 15.6. The minimum Gasteiger partial charge on any atom is -0.372 e. The third-order valence-electron chi connectivity index (χ3n) is 12.7. The number of benzene rings is 3. The molecule has 8 rings (SSSR count). The van der Waals surface area contributed by atoms with E-state index in [1.165, 1.54) is 11.1 Å². The van der Waals surface area contributed by atoms with E-state index in [0.29, 0.717) is 70.6 Å². The molecule has 19 nitrogen and oxygen atoms in total. The summed E-state index contributed by atoms with van der Waals surface area (Å²) in [5.74, 6) is -0.981. The van der Waals surface area contributed by atoms with Gasteiger partial charge in [0.2, 0.25) is 23.7 Å². The van der Waals surface area contributed by atoms with Crippen LogP contribution in [-0.4, -0.2) is 126 Å². The maximum Gasteiger partial charge on any atom is 0.317 e. The number of aromatic nitrogens is 2. The van der Waals surface area contributed by atoms with Crippen molar-refractivity contribution >= 4 is 81.7 Å². The number of nitrogens with one attached hydrogen (secondary N) is 7. The summed E-state index contributed by atoms with van der Waals surface area (Å²) < 4.78 is 5.65. The van der Waals surface area contributed by atoms with Crippen LogP contribution in [0, 0.1) is 0 Å². The van der Waals surface area contributed by atoms with Gasteiger partial charge in [0.15, 0.2) is 5.82 Å². The van der Waals surface area contributed by atoms with E-state index in [0.717, 1.165) is 69.5 Å². The van der Waals surface area contributed by atoms with Crippen LogP contribution in [0.5, 0.6) is 0 Å². The summed E-state index contributed by atoms with van der Waals surface area (Å²) in [6.07, 6.45) is 7.42. The SMILES string of the molecule is CNC(=O)c1ccccc1Nc1nc(Nc2ccc(N3CCN(C(=O)NC4CCC(NCCCCOCC(=O)Nc5cccc6c5CN(C5CCC(=O)NC5=O)C6=O)CC4)CC3)cc2)ncc1Cl. The molecule has 3 aromatic carbocycles. The number of anilines is 6. The van der Waals surface area contributed by atoms with E-state index < -0.39 is 11.9 Å². The number of unbranched alkanes of at least 4 members (excludes halogenated alkanes) is 1. The molecule has 4 heterocycles. The Bertz CT molecular complexity index is 2490. The molecular weight excluding hydrogens is 892 g/mol. The third-order valence-corrected chi connectivity index (χ3v) is 13.0. The fraction of sp³-hybridized carbons (Fsp3) is 0.417. The molecule has 4 aliphatic rings. The maximum absolute atomic E-state index is 13.2. The Morgan fingerprint density at radius 1 is 0.853 bits per heavy atom. The molecule has 0 spiro atoms. The predicted molar refractivity (Wildman–Crippen MR) is 257 cm³/mol. The third kappa shape index (κ3) is 11.8. The van der Waals surface area contributed by atoms with Crippen LogP contribution in [0.15, 0.2) is 72.9 Å². The molecule has 7 amide bonds. The molecule has 4 aromatic rings. The van der Waals surface area contributed by atoms with Crippen LogP contribution in [0.25, 0.3) is 0 Å². The molecule has 1 aliphatic carbocycles. The van der Waals surface area contributed by atoms with Gasteiger partial charge in [0.1, 0.15) is 17.7 Å². The first-order chi connectivity index (χ1) is 33.0.